The van der Waals surface area contributed by atoms with Crippen LogP contribution in [0.1, 0.15) is 59.2 Å². The second-order valence-electron chi connectivity index (χ2n) is 6.27. The molecule has 1 saturated carbocycles. The first-order valence-corrected chi connectivity index (χ1v) is 9.72. The van der Waals surface area contributed by atoms with Crippen LogP contribution in [-0.4, -0.2) is 25.1 Å². The number of ketones is 1. The number of sulfone groups is 1. The van der Waals surface area contributed by atoms with E-state index in [4.69, 9.17) is 0 Å². The summed E-state index contributed by atoms with van der Waals surface area (Å²) in [5.74, 6) is -1.39. The van der Waals surface area contributed by atoms with Gasteiger partial charge in [0.05, 0.1) is 28.0 Å². The minimum atomic E-state index is -4.70. The van der Waals surface area contributed by atoms with Gasteiger partial charge in [-0.2, -0.15) is 13.2 Å². The summed E-state index contributed by atoms with van der Waals surface area (Å²) < 4.78 is 70.2. The first-order valence-electron chi connectivity index (χ1n) is 8.07. The van der Waals surface area contributed by atoms with E-state index in [0.717, 1.165) is 18.5 Å². The molecule has 0 amide bonds. The highest BCUT2D eigenvalue weighted by Gasteiger charge is 2.40. The molecule has 9 heteroatoms. The van der Waals surface area contributed by atoms with Crippen molar-refractivity contribution < 1.29 is 30.9 Å². The highest BCUT2D eigenvalue weighted by Crippen LogP contribution is 2.47. The van der Waals surface area contributed by atoms with Crippen molar-refractivity contribution in [3.8, 4) is 0 Å². The molecule has 0 saturated heterocycles. The molecule has 3 rings (SSSR count). The molecular weight excluding hydrogens is 371 g/mol. The molecule has 140 valence electrons. The summed E-state index contributed by atoms with van der Waals surface area (Å²) >= 11 is 0. The van der Waals surface area contributed by atoms with Gasteiger partial charge in [-0.25, -0.2) is 8.42 Å². The summed E-state index contributed by atoms with van der Waals surface area (Å²) in [7, 11) is -4.05. The number of aromatic nitrogens is 1. The van der Waals surface area contributed by atoms with Crippen LogP contribution in [0.4, 0.5) is 13.2 Å². The Kier molecular flexibility index (Phi) is 4.68. The first kappa shape index (κ1) is 18.6. The number of hydrogen-bond donors (Lipinski definition) is 0. The van der Waals surface area contributed by atoms with E-state index in [1.54, 1.807) is 6.92 Å². The fourth-order valence-corrected chi connectivity index (χ4v) is 4.40. The molecule has 1 aromatic carbocycles. The molecule has 1 fully saturated rings. The number of halogens is 3. The first-order chi connectivity index (χ1) is 12.1. The molecule has 1 aliphatic rings. The summed E-state index contributed by atoms with van der Waals surface area (Å²) in [4.78, 5) is 12.1. The van der Waals surface area contributed by atoms with Gasteiger partial charge >= 0.3 is 6.18 Å². The second kappa shape index (κ2) is 6.53. The minimum absolute atomic E-state index is 0.0144. The van der Waals surface area contributed by atoms with E-state index < -0.39 is 32.3 Å². The lowest BCUT2D eigenvalue weighted by molar-refractivity contribution is -0.138. The molecule has 1 aliphatic carbocycles. The van der Waals surface area contributed by atoms with Crippen LogP contribution >= 0.6 is 0 Å². The zero-order valence-corrected chi connectivity index (χ0v) is 14.7. The summed E-state index contributed by atoms with van der Waals surface area (Å²) in [6.07, 6.45) is -1.20. The topological polar surface area (TPSA) is 77.2 Å². The Bertz CT molecular complexity index is 930. The van der Waals surface area contributed by atoms with Gasteiger partial charge in [0, 0.05) is 5.56 Å². The summed E-state index contributed by atoms with van der Waals surface area (Å²) in [6, 6.07) is 1.69. The van der Waals surface area contributed by atoms with Crippen LogP contribution in [0, 0.1) is 0 Å². The van der Waals surface area contributed by atoms with Crippen molar-refractivity contribution in [2.45, 2.75) is 43.2 Å². The van der Waals surface area contributed by atoms with E-state index in [1.807, 2.05) is 0 Å². The predicted molar refractivity (Wildman–Crippen MR) is 85.7 cm³/mol. The van der Waals surface area contributed by atoms with Crippen LogP contribution in [-0.2, 0) is 16.0 Å². The fourth-order valence-electron chi connectivity index (χ4n) is 2.86. The predicted octanol–water partition coefficient (Wildman–Crippen LogP) is 3.99. The van der Waals surface area contributed by atoms with Gasteiger partial charge in [-0.1, -0.05) is 12.1 Å². The Morgan fingerprint density at radius 2 is 2.00 bits per heavy atom. The van der Waals surface area contributed by atoms with Gasteiger partial charge < -0.3 is 4.52 Å². The molecule has 26 heavy (non-hydrogen) atoms. The number of nitrogens with zero attached hydrogens (tertiary/aromatic N) is 1. The lowest BCUT2D eigenvalue weighted by Crippen LogP contribution is -2.17. The van der Waals surface area contributed by atoms with E-state index in [0.29, 0.717) is 18.9 Å². The summed E-state index contributed by atoms with van der Waals surface area (Å²) in [5, 5.41) is 3.40. The average Bonchev–Trinajstić information content (AvgIpc) is 3.26. The SMILES string of the molecule is CCCS(=O)(=O)c1cc(C(F)(F)F)c(C2CC2)cc1C(=O)c1cnoc1. The van der Waals surface area contributed by atoms with E-state index in [2.05, 4.69) is 9.68 Å². The molecule has 0 aliphatic heterocycles. The average molecular weight is 387 g/mol. The molecule has 0 unspecified atom stereocenters. The standard InChI is InChI=1S/C17H16F3NO4S/c1-2-5-26(23,24)15-7-14(17(18,19)20)12(10-3-4-10)6-13(15)16(22)11-8-21-25-9-11/h6-10H,2-5H2,1H3. The second-order valence-corrected chi connectivity index (χ2v) is 8.35. The number of hydrogen-bond acceptors (Lipinski definition) is 5. The smallest absolute Gasteiger partial charge is 0.364 e. The molecule has 0 atom stereocenters. The third-order valence-corrected chi connectivity index (χ3v) is 6.17. The zero-order valence-electron chi connectivity index (χ0n) is 13.8. The maximum Gasteiger partial charge on any atom is 0.416 e. The normalized spacial score (nSPS) is 15.2. The molecule has 0 radical (unpaired) electrons. The highest BCUT2D eigenvalue weighted by molar-refractivity contribution is 7.91. The van der Waals surface area contributed by atoms with Gasteiger partial charge in [0.25, 0.3) is 0 Å². The fraction of sp³-hybridized carbons (Fsp3) is 0.412. The van der Waals surface area contributed by atoms with Crippen LogP contribution < -0.4 is 0 Å². The van der Waals surface area contributed by atoms with Gasteiger partial charge in [0.15, 0.2) is 15.6 Å². The molecule has 0 spiro atoms. The molecular formula is C17H16F3NO4S. The molecule has 1 heterocycles. The number of benzene rings is 1. The van der Waals surface area contributed by atoms with Gasteiger partial charge in [-0.3, -0.25) is 4.79 Å². The van der Waals surface area contributed by atoms with Crippen molar-refractivity contribution in [3.05, 3.63) is 46.8 Å². The van der Waals surface area contributed by atoms with Crippen molar-refractivity contribution in [2.75, 3.05) is 5.75 Å². The van der Waals surface area contributed by atoms with Gasteiger partial charge in [0.1, 0.15) is 6.26 Å². The van der Waals surface area contributed by atoms with Crippen molar-refractivity contribution in [3.63, 3.8) is 0 Å². The minimum Gasteiger partial charge on any atom is -0.364 e. The van der Waals surface area contributed by atoms with Crippen molar-refractivity contribution in [1.29, 1.82) is 0 Å². The van der Waals surface area contributed by atoms with Crippen LogP contribution in [0.2, 0.25) is 0 Å². The summed E-state index contributed by atoms with van der Waals surface area (Å²) in [6.45, 7) is 1.60. The Morgan fingerprint density at radius 3 is 2.50 bits per heavy atom. The third-order valence-electron chi connectivity index (χ3n) is 4.22. The lowest BCUT2D eigenvalue weighted by atomic mass is 9.96. The monoisotopic (exact) mass is 387 g/mol. The van der Waals surface area contributed by atoms with Crippen LogP contribution in [0.25, 0.3) is 0 Å². The van der Waals surface area contributed by atoms with Crippen molar-refractivity contribution in [2.24, 2.45) is 0 Å². The quantitative estimate of drug-likeness (QED) is 0.701. The van der Waals surface area contributed by atoms with E-state index in [1.165, 1.54) is 0 Å². The number of alkyl halides is 3. The Balaban J connectivity index is 2.27. The highest BCUT2D eigenvalue weighted by atomic mass is 32.2. The van der Waals surface area contributed by atoms with E-state index >= 15 is 0 Å². The molecule has 0 bridgehead atoms. The Hall–Kier alpha value is -2.16. The van der Waals surface area contributed by atoms with Gasteiger partial charge in [0.2, 0.25) is 0 Å². The van der Waals surface area contributed by atoms with Crippen LogP contribution in [0.15, 0.2) is 34.0 Å². The van der Waals surface area contributed by atoms with Crippen molar-refractivity contribution >= 4 is 15.6 Å². The number of carbonyl (C=O) groups excluding carboxylic acids is 1. The molecule has 5 nitrogen and oxygen atoms in total. The van der Waals surface area contributed by atoms with Gasteiger partial charge in [-0.15, -0.1) is 0 Å². The number of rotatable bonds is 6. The lowest BCUT2D eigenvalue weighted by Gasteiger charge is -2.17. The largest absolute Gasteiger partial charge is 0.416 e. The molecule has 2 aromatic rings. The van der Waals surface area contributed by atoms with Crippen LogP contribution in [0.3, 0.4) is 0 Å². The number of carbonyl (C=O) groups is 1. The van der Waals surface area contributed by atoms with Crippen molar-refractivity contribution in [1.82, 2.24) is 5.16 Å². The zero-order chi connectivity index (χ0) is 19.1. The summed E-state index contributed by atoms with van der Waals surface area (Å²) in [5.41, 5.74) is -1.31. The van der Waals surface area contributed by atoms with E-state index in [-0.39, 0.29) is 34.8 Å². The maximum atomic E-state index is 13.5. The van der Waals surface area contributed by atoms with E-state index in [9.17, 15) is 26.4 Å². The third kappa shape index (κ3) is 3.53. The molecule has 0 N–H and O–H groups in total. The maximum absolute atomic E-state index is 13.5. The van der Waals surface area contributed by atoms with Gasteiger partial charge in [-0.05, 0) is 42.9 Å². The Labute approximate surface area is 148 Å². The molecule has 1 aromatic heterocycles. The Morgan fingerprint density at radius 1 is 1.31 bits per heavy atom. The van der Waals surface area contributed by atoms with Crippen LogP contribution in [0.5, 0.6) is 0 Å².